The quantitative estimate of drug-likeness (QED) is 0.418. The Kier molecular flexibility index (Phi) is 5.64. The van der Waals surface area contributed by atoms with E-state index in [0.717, 1.165) is 9.13 Å². The lowest BCUT2D eigenvalue weighted by Crippen LogP contribution is -2.27. The smallest absolute Gasteiger partial charge is 0.267 e. The minimum Gasteiger partial charge on any atom is -0.386 e. The van der Waals surface area contributed by atoms with Gasteiger partial charge in [0, 0.05) is 21.5 Å². The third kappa shape index (κ3) is 4.94. The highest BCUT2D eigenvalue weighted by molar-refractivity contribution is 14.1. The van der Waals surface area contributed by atoms with Crippen LogP contribution in [0, 0.1) is 21.8 Å². The molecule has 6 nitrogen and oxygen atoms in total. The van der Waals surface area contributed by atoms with Crippen molar-refractivity contribution >= 4 is 44.0 Å². The van der Waals surface area contributed by atoms with Gasteiger partial charge in [-0.3, -0.25) is 4.79 Å². The summed E-state index contributed by atoms with van der Waals surface area (Å²) < 4.78 is 23.8. The zero-order valence-electron chi connectivity index (χ0n) is 12.5. The molecule has 0 radical (unpaired) electrons. The number of aryl methyl sites for hydroxylation is 1. The fraction of sp³-hybridized carbons (Fsp3) is 0.333. The average Bonchev–Trinajstić information content (AvgIpc) is 2.82. The molecule has 1 heterocycles. The molecule has 122 valence electrons. The molecular formula is C15H16IN3O3S. The first-order valence-corrected chi connectivity index (χ1v) is 9.85. The lowest BCUT2D eigenvalue weighted by molar-refractivity contribution is -0.112. The third-order valence-electron chi connectivity index (χ3n) is 3.50. The van der Waals surface area contributed by atoms with Crippen LogP contribution in [0.25, 0.3) is 0 Å². The molecule has 1 aromatic rings. The number of hydrogen-bond acceptors (Lipinski definition) is 5. The molecule has 1 atom stereocenters. The molecule has 0 bridgehead atoms. The van der Waals surface area contributed by atoms with Gasteiger partial charge in [-0.05, 0) is 59.7 Å². The molecular weight excluding hydrogens is 429 g/mol. The van der Waals surface area contributed by atoms with E-state index in [4.69, 9.17) is 5.26 Å². The lowest BCUT2D eigenvalue weighted by Gasteiger charge is -2.10. The van der Waals surface area contributed by atoms with Crippen LogP contribution in [0.1, 0.15) is 12.0 Å². The Morgan fingerprint density at radius 3 is 2.78 bits per heavy atom. The third-order valence-corrected chi connectivity index (χ3v) is 5.94. The van der Waals surface area contributed by atoms with Crippen LogP contribution in [0.5, 0.6) is 0 Å². The van der Waals surface area contributed by atoms with Gasteiger partial charge < -0.3 is 10.6 Å². The van der Waals surface area contributed by atoms with Crippen molar-refractivity contribution in [2.45, 2.75) is 19.4 Å². The maximum Gasteiger partial charge on any atom is 0.267 e. The molecule has 0 saturated carbocycles. The number of anilines is 1. The number of nitrogens with one attached hydrogen (secondary N) is 2. The normalized spacial score (nSPS) is 19.9. The molecule has 8 heteroatoms. The van der Waals surface area contributed by atoms with Crippen molar-refractivity contribution in [2.75, 3.05) is 16.8 Å². The van der Waals surface area contributed by atoms with Gasteiger partial charge in [0.1, 0.15) is 11.6 Å². The van der Waals surface area contributed by atoms with Gasteiger partial charge in [-0.15, -0.1) is 0 Å². The number of halogens is 1. The number of rotatable bonds is 4. The van der Waals surface area contributed by atoms with E-state index in [9.17, 15) is 13.2 Å². The van der Waals surface area contributed by atoms with Gasteiger partial charge in [0.05, 0.1) is 11.5 Å². The summed E-state index contributed by atoms with van der Waals surface area (Å²) in [5.74, 6) is -0.362. The largest absolute Gasteiger partial charge is 0.386 e. The van der Waals surface area contributed by atoms with E-state index in [1.165, 1.54) is 6.20 Å². The number of hydrogen-bond donors (Lipinski definition) is 2. The maximum absolute atomic E-state index is 12.2. The Morgan fingerprint density at radius 2 is 2.22 bits per heavy atom. The number of sulfone groups is 1. The summed E-state index contributed by atoms with van der Waals surface area (Å²) in [6.07, 6.45) is 1.78. The Hall–Kier alpha value is -1.60. The van der Waals surface area contributed by atoms with Gasteiger partial charge in [-0.2, -0.15) is 5.26 Å². The van der Waals surface area contributed by atoms with Crippen LogP contribution in [-0.2, 0) is 14.6 Å². The Bertz CT molecular complexity index is 797. The molecule has 0 aromatic heterocycles. The SMILES string of the molecule is Cc1cc(I)ccc1NC(=O)/C(C#N)=C\NC1CCS(=O)(=O)C1. The van der Waals surface area contributed by atoms with Gasteiger partial charge in [-0.1, -0.05) is 0 Å². The van der Waals surface area contributed by atoms with Crippen LogP contribution in [0.4, 0.5) is 5.69 Å². The highest BCUT2D eigenvalue weighted by Gasteiger charge is 2.27. The van der Waals surface area contributed by atoms with E-state index in [1.807, 2.05) is 25.1 Å². The van der Waals surface area contributed by atoms with Crippen molar-refractivity contribution in [1.29, 1.82) is 5.26 Å². The first-order valence-electron chi connectivity index (χ1n) is 6.95. The molecule has 2 N–H and O–H groups in total. The Morgan fingerprint density at radius 1 is 1.48 bits per heavy atom. The van der Waals surface area contributed by atoms with Crippen LogP contribution < -0.4 is 10.6 Å². The molecule has 1 aromatic carbocycles. The van der Waals surface area contributed by atoms with Crippen molar-refractivity contribution in [1.82, 2.24) is 5.32 Å². The van der Waals surface area contributed by atoms with Crippen molar-refractivity contribution in [3.8, 4) is 6.07 Å². The molecule has 1 fully saturated rings. The summed E-state index contributed by atoms with van der Waals surface area (Å²) in [5.41, 5.74) is 1.45. The van der Waals surface area contributed by atoms with Gasteiger partial charge in [-0.25, -0.2) is 8.42 Å². The van der Waals surface area contributed by atoms with E-state index in [-0.39, 0.29) is 23.1 Å². The fourth-order valence-corrected chi connectivity index (χ4v) is 4.57. The van der Waals surface area contributed by atoms with E-state index in [2.05, 4.69) is 33.2 Å². The summed E-state index contributed by atoms with van der Waals surface area (Å²) >= 11 is 2.18. The molecule has 0 aliphatic carbocycles. The van der Waals surface area contributed by atoms with Crippen molar-refractivity contribution in [3.63, 3.8) is 0 Å². The van der Waals surface area contributed by atoms with Crippen molar-refractivity contribution < 1.29 is 13.2 Å². The molecule has 23 heavy (non-hydrogen) atoms. The first-order chi connectivity index (χ1) is 10.8. The van der Waals surface area contributed by atoms with Crippen molar-refractivity contribution in [3.05, 3.63) is 39.1 Å². The summed E-state index contributed by atoms with van der Waals surface area (Å²) in [4.78, 5) is 12.2. The molecule has 1 amide bonds. The number of benzene rings is 1. The molecule has 2 rings (SSSR count). The van der Waals surface area contributed by atoms with Gasteiger partial charge >= 0.3 is 0 Å². The van der Waals surface area contributed by atoms with E-state index >= 15 is 0 Å². The number of amides is 1. The summed E-state index contributed by atoms with van der Waals surface area (Å²) in [6, 6.07) is 7.14. The summed E-state index contributed by atoms with van der Waals surface area (Å²) in [5, 5.41) is 14.7. The predicted molar refractivity (Wildman–Crippen MR) is 96.4 cm³/mol. The number of nitriles is 1. The van der Waals surface area contributed by atoms with Crippen LogP contribution in [0.3, 0.4) is 0 Å². The average molecular weight is 445 g/mol. The van der Waals surface area contributed by atoms with E-state index in [0.29, 0.717) is 12.1 Å². The predicted octanol–water partition coefficient (Wildman–Crippen LogP) is 1.72. The van der Waals surface area contributed by atoms with Crippen molar-refractivity contribution in [2.24, 2.45) is 0 Å². The minimum atomic E-state index is -3.00. The standard InChI is InChI=1S/C15H16IN3O3S/c1-10-6-12(16)2-3-14(10)19-15(20)11(7-17)8-18-13-4-5-23(21,22)9-13/h2-3,6,8,13,18H,4-5,9H2,1H3,(H,19,20)/b11-8-. The molecule has 1 aliphatic heterocycles. The topological polar surface area (TPSA) is 99.1 Å². The lowest BCUT2D eigenvalue weighted by atomic mass is 10.2. The monoisotopic (exact) mass is 445 g/mol. The van der Waals surface area contributed by atoms with E-state index < -0.39 is 15.7 Å². The summed E-state index contributed by atoms with van der Waals surface area (Å²) in [6.45, 7) is 1.87. The highest BCUT2D eigenvalue weighted by atomic mass is 127. The Labute approximate surface area is 149 Å². The van der Waals surface area contributed by atoms with Crippen LogP contribution in [-0.4, -0.2) is 31.9 Å². The molecule has 0 spiro atoms. The van der Waals surface area contributed by atoms with Gasteiger partial charge in [0.2, 0.25) is 0 Å². The molecule has 1 aliphatic rings. The maximum atomic E-state index is 12.2. The highest BCUT2D eigenvalue weighted by Crippen LogP contribution is 2.18. The fourth-order valence-electron chi connectivity index (χ4n) is 2.23. The number of carbonyl (C=O) groups excluding carboxylic acids is 1. The van der Waals surface area contributed by atoms with Gasteiger partial charge in [0.25, 0.3) is 5.91 Å². The van der Waals surface area contributed by atoms with Crippen LogP contribution in [0.2, 0.25) is 0 Å². The van der Waals surface area contributed by atoms with Crippen LogP contribution >= 0.6 is 22.6 Å². The van der Waals surface area contributed by atoms with Gasteiger partial charge in [0.15, 0.2) is 9.84 Å². The number of carbonyl (C=O) groups is 1. The first kappa shape index (κ1) is 17.7. The molecule has 1 saturated heterocycles. The second kappa shape index (κ2) is 7.31. The summed E-state index contributed by atoms with van der Waals surface area (Å²) in [7, 11) is -3.00. The van der Waals surface area contributed by atoms with E-state index in [1.54, 1.807) is 6.07 Å². The minimum absolute atomic E-state index is 0.0278. The number of nitrogens with zero attached hydrogens (tertiary/aromatic N) is 1. The second-order valence-electron chi connectivity index (χ2n) is 5.35. The Balaban J connectivity index is 2.04. The zero-order valence-corrected chi connectivity index (χ0v) is 15.4. The second-order valence-corrected chi connectivity index (χ2v) is 8.82. The zero-order chi connectivity index (χ0) is 17.0. The van der Waals surface area contributed by atoms with Crippen LogP contribution in [0.15, 0.2) is 30.0 Å². The molecule has 1 unspecified atom stereocenters.